The van der Waals surface area contributed by atoms with E-state index in [-0.39, 0.29) is 6.10 Å². The predicted molar refractivity (Wildman–Crippen MR) is 52.5 cm³/mol. The molecule has 0 radical (unpaired) electrons. The normalized spacial score (nSPS) is 36.2. The number of ether oxygens (including phenoxy) is 1. The lowest BCUT2D eigenvalue weighted by atomic mass is 10.1. The van der Waals surface area contributed by atoms with Gasteiger partial charge < -0.3 is 14.7 Å². The van der Waals surface area contributed by atoms with Crippen LogP contribution < -0.4 is 0 Å². The number of rotatable bonds is 2. The van der Waals surface area contributed by atoms with Gasteiger partial charge >= 0.3 is 0 Å². The number of nitrogens with zero attached hydrogens (tertiary/aromatic N) is 1. The molecule has 1 fully saturated rings. The van der Waals surface area contributed by atoms with Crippen molar-refractivity contribution in [1.82, 2.24) is 4.90 Å². The van der Waals surface area contributed by atoms with E-state index in [1.807, 2.05) is 6.92 Å². The minimum atomic E-state index is -0.551. The van der Waals surface area contributed by atoms with Crippen LogP contribution in [0.1, 0.15) is 33.1 Å². The summed E-state index contributed by atoms with van der Waals surface area (Å²) >= 11 is 0. The molecule has 1 heterocycles. The maximum atomic E-state index is 9.39. The second kappa shape index (κ2) is 4.94. The molecule has 0 aromatic rings. The van der Waals surface area contributed by atoms with Gasteiger partial charge in [-0.2, -0.15) is 0 Å². The van der Waals surface area contributed by atoms with Crippen LogP contribution in [0, 0.1) is 0 Å². The Balaban J connectivity index is 2.47. The standard InChI is InChI=1S/C10H21NO2/c1-4-11(3)9-5-6-10(12)13-8(2)7-9/h8-10,12H,4-7H2,1-3H3. The molecule has 3 nitrogen and oxygen atoms in total. The SMILES string of the molecule is CCN(C)C1CCC(O)OC(C)C1. The van der Waals surface area contributed by atoms with E-state index in [9.17, 15) is 5.11 Å². The zero-order valence-corrected chi connectivity index (χ0v) is 8.86. The average Bonchev–Trinajstić information content (AvgIpc) is 2.25. The first-order chi connectivity index (χ1) is 6.13. The molecular formula is C10H21NO2. The Kier molecular flexibility index (Phi) is 4.16. The van der Waals surface area contributed by atoms with Crippen molar-refractivity contribution in [2.75, 3.05) is 13.6 Å². The second-order valence-electron chi connectivity index (χ2n) is 3.94. The van der Waals surface area contributed by atoms with Gasteiger partial charge in [0.15, 0.2) is 6.29 Å². The zero-order chi connectivity index (χ0) is 9.84. The summed E-state index contributed by atoms with van der Waals surface area (Å²) in [4.78, 5) is 2.33. The van der Waals surface area contributed by atoms with E-state index in [0.29, 0.717) is 6.04 Å². The summed E-state index contributed by atoms with van der Waals surface area (Å²) in [6, 6.07) is 0.567. The molecule has 0 amide bonds. The number of aliphatic hydroxyl groups is 1. The van der Waals surface area contributed by atoms with Crippen molar-refractivity contribution in [3.8, 4) is 0 Å². The van der Waals surface area contributed by atoms with Crippen LogP contribution in [0.25, 0.3) is 0 Å². The Morgan fingerprint density at radius 2 is 2.15 bits per heavy atom. The van der Waals surface area contributed by atoms with Gasteiger partial charge in [-0.15, -0.1) is 0 Å². The maximum Gasteiger partial charge on any atom is 0.154 e. The molecule has 1 aliphatic heterocycles. The highest BCUT2D eigenvalue weighted by atomic mass is 16.6. The van der Waals surface area contributed by atoms with Crippen molar-refractivity contribution in [3.63, 3.8) is 0 Å². The monoisotopic (exact) mass is 187 g/mol. The molecule has 13 heavy (non-hydrogen) atoms. The van der Waals surface area contributed by atoms with Crippen LogP contribution in [0.4, 0.5) is 0 Å². The van der Waals surface area contributed by atoms with Gasteiger partial charge in [0.05, 0.1) is 6.10 Å². The number of hydrogen-bond acceptors (Lipinski definition) is 3. The van der Waals surface area contributed by atoms with E-state index in [1.54, 1.807) is 0 Å². The van der Waals surface area contributed by atoms with Crippen molar-refractivity contribution in [2.24, 2.45) is 0 Å². The molecule has 1 N–H and O–H groups in total. The summed E-state index contributed by atoms with van der Waals surface area (Å²) in [6.45, 7) is 5.26. The molecule has 1 aliphatic rings. The van der Waals surface area contributed by atoms with Gasteiger partial charge in [-0.3, -0.25) is 0 Å². The van der Waals surface area contributed by atoms with E-state index < -0.39 is 6.29 Å². The lowest BCUT2D eigenvalue weighted by Gasteiger charge is -2.26. The van der Waals surface area contributed by atoms with E-state index in [1.165, 1.54) is 0 Å². The smallest absolute Gasteiger partial charge is 0.154 e. The fourth-order valence-corrected chi connectivity index (χ4v) is 1.89. The highest BCUT2D eigenvalue weighted by Gasteiger charge is 2.24. The molecule has 0 saturated carbocycles. The van der Waals surface area contributed by atoms with Crippen LogP contribution in [0.15, 0.2) is 0 Å². The lowest BCUT2D eigenvalue weighted by molar-refractivity contribution is -0.127. The van der Waals surface area contributed by atoms with E-state index in [0.717, 1.165) is 25.8 Å². The van der Waals surface area contributed by atoms with Crippen LogP contribution in [-0.2, 0) is 4.74 Å². The highest BCUT2D eigenvalue weighted by molar-refractivity contribution is 4.75. The van der Waals surface area contributed by atoms with Gasteiger partial charge in [-0.1, -0.05) is 6.92 Å². The topological polar surface area (TPSA) is 32.7 Å². The van der Waals surface area contributed by atoms with E-state index >= 15 is 0 Å². The Morgan fingerprint density at radius 3 is 2.77 bits per heavy atom. The predicted octanol–water partition coefficient (Wildman–Crippen LogP) is 1.21. The first-order valence-electron chi connectivity index (χ1n) is 5.17. The molecule has 3 heteroatoms. The molecule has 0 bridgehead atoms. The van der Waals surface area contributed by atoms with Gasteiger partial charge in [-0.25, -0.2) is 0 Å². The van der Waals surface area contributed by atoms with Crippen molar-refractivity contribution >= 4 is 0 Å². The summed E-state index contributed by atoms with van der Waals surface area (Å²) in [5, 5.41) is 9.39. The average molecular weight is 187 g/mol. The first kappa shape index (κ1) is 11.0. The van der Waals surface area contributed by atoms with Crippen molar-refractivity contribution in [1.29, 1.82) is 0 Å². The fraction of sp³-hybridized carbons (Fsp3) is 1.00. The Bertz CT molecular complexity index is 152. The van der Waals surface area contributed by atoms with Crippen molar-refractivity contribution < 1.29 is 9.84 Å². The van der Waals surface area contributed by atoms with Crippen molar-refractivity contribution in [3.05, 3.63) is 0 Å². The third kappa shape index (κ3) is 3.25. The third-order valence-electron chi connectivity index (χ3n) is 2.86. The minimum absolute atomic E-state index is 0.177. The number of aliphatic hydroxyl groups excluding tert-OH is 1. The largest absolute Gasteiger partial charge is 0.368 e. The van der Waals surface area contributed by atoms with Crippen LogP contribution in [-0.4, -0.2) is 42.0 Å². The third-order valence-corrected chi connectivity index (χ3v) is 2.86. The summed E-state index contributed by atoms with van der Waals surface area (Å²) in [6.07, 6.45) is 2.46. The zero-order valence-electron chi connectivity index (χ0n) is 8.86. The van der Waals surface area contributed by atoms with Gasteiger partial charge in [-0.05, 0) is 39.8 Å². The van der Waals surface area contributed by atoms with Gasteiger partial charge in [0.1, 0.15) is 0 Å². The summed E-state index contributed by atoms with van der Waals surface area (Å²) < 4.78 is 5.36. The molecule has 3 unspecified atom stereocenters. The van der Waals surface area contributed by atoms with Gasteiger partial charge in [0.2, 0.25) is 0 Å². The van der Waals surface area contributed by atoms with Crippen molar-refractivity contribution in [2.45, 2.75) is 51.5 Å². The van der Waals surface area contributed by atoms with Gasteiger partial charge in [0.25, 0.3) is 0 Å². The lowest BCUT2D eigenvalue weighted by Crippen LogP contribution is -2.33. The molecule has 0 aliphatic carbocycles. The quantitative estimate of drug-likeness (QED) is 0.705. The van der Waals surface area contributed by atoms with E-state index in [4.69, 9.17) is 4.74 Å². The summed E-state index contributed by atoms with van der Waals surface area (Å²) in [7, 11) is 2.13. The highest BCUT2D eigenvalue weighted by Crippen LogP contribution is 2.20. The minimum Gasteiger partial charge on any atom is -0.368 e. The molecule has 0 spiro atoms. The van der Waals surface area contributed by atoms with Gasteiger partial charge in [0, 0.05) is 6.04 Å². The van der Waals surface area contributed by atoms with Crippen LogP contribution in [0.2, 0.25) is 0 Å². The first-order valence-corrected chi connectivity index (χ1v) is 5.17. The second-order valence-corrected chi connectivity index (χ2v) is 3.94. The fourth-order valence-electron chi connectivity index (χ4n) is 1.89. The van der Waals surface area contributed by atoms with Crippen LogP contribution in [0.3, 0.4) is 0 Å². The Morgan fingerprint density at radius 1 is 1.46 bits per heavy atom. The Hall–Kier alpha value is -0.120. The molecule has 3 atom stereocenters. The molecule has 78 valence electrons. The Labute approximate surface area is 80.7 Å². The molecule has 1 saturated heterocycles. The molecule has 0 aromatic heterocycles. The number of hydrogen-bond donors (Lipinski definition) is 1. The molecule has 1 rings (SSSR count). The van der Waals surface area contributed by atoms with Crippen LogP contribution >= 0.6 is 0 Å². The maximum absolute atomic E-state index is 9.39. The summed E-state index contributed by atoms with van der Waals surface area (Å²) in [5.41, 5.74) is 0. The molecule has 0 aromatic carbocycles. The summed E-state index contributed by atoms with van der Waals surface area (Å²) in [5.74, 6) is 0. The van der Waals surface area contributed by atoms with E-state index in [2.05, 4.69) is 18.9 Å². The molecular weight excluding hydrogens is 166 g/mol. The van der Waals surface area contributed by atoms with Crippen LogP contribution in [0.5, 0.6) is 0 Å².